The number of hydrogen-bond donors (Lipinski definition) is 1. The smallest absolute Gasteiger partial charge is 0.0543 e. The monoisotopic (exact) mass is 160 g/mol. The van der Waals surface area contributed by atoms with Gasteiger partial charge >= 0.3 is 0 Å². The van der Waals surface area contributed by atoms with Gasteiger partial charge in [0.1, 0.15) is 0 Å². The molecular formula is C9H20O2. The summed E-state index contributed by atoms with van der Waals surface area (Å²) in [6, 6.07) is 0. The third-order valence-corrected chi connectivity index (χ3v) is 2.22. The van der Waals surface area contributed by atoms with Crippen LogP contribution in [0.15, 0.2) is 0 Å². The molecule has 2 heteroatoms. The molecule has 0 radical (unpaired) electrons. The van der Waals surface area contributed by atoms with Crippen molar-refractivity contribution >= 4 is 0 Å². The van der Waals surface area contributed by atoms with Gasteiger partial charge in [-0.05, 0) is 25.7 Å². The van der Waals surface area contributed by atoms with Gasteiger partial charge in [0, 0.05) is 13.7 Å². The van der Waals surface area contributed by atoms with Gasteiger partial charge in [-0.3, -0.25) is 0 Å². The first kappa shape index (κ1) is 10.9. The molecule has 0 rings (SSSR count). The fourth-order valence-electron chi connectivity index (χ4n) is 1.01. The first-order chi connectivity index (χ1) is 5.24. The quantitative estimate of drug-likeness (QED) is 0.642. The van der Waals surface area contributed by atoms with Crippen LogP contribution in [-0.4, -0.2) is 24.9 Å². The minimum absolute atomic E-state index is 0.312. The minimum atomic E-state index is 0.312. The lowest BCUT2D eigenvalue weighted by atomic mass is 10.00. The maximum absolute atomic E-state index is 8.87. The molecule has 0 aliphatic heterocycles. The van der Waals surface area contributed by atoms with Crippen molar-refractivity contribution in [1.29, 1.82) is 0 Å². The average molecular weight is 160 g/mol. The molecule has 0 fully saturated rings. The lowest BCUT2D eigenvalue weighted by molar-refractivity contribution is 0.0981. The van der Waals surface area contributed by atoms with Crippen LogP contribution in [0, 0.1) is 5.92 Å². The second-order valence-electron chi connectivity index (χ2n) is 3.08. The first-order valence-electron chi connectivity index (χ1n) is 4.38. The number of ether oxygens (including phenoxy) is 1. The van der Waals surface area contributed by atoms with Crippen LogP contribution in [0.25, 0.3) is 0 Å². The van der Waals surface area contributed by atoms with Crippen LogP contribution in [0.1, 0.15) is 33.1 Å². The minimum Gasteiger partial charge on any atom is -0.396 e. The molecule has 2 atom stereocenters. The summed E-state index contributed by atoms with van der Waals surface area (Å²) in [7, 11) is 1.73. The average Bonchev–Trinajstić information content (AvgIpc) is 2.06. The van der Waals surface area contributed by atoms with Gasteiger partial charge < -0.3 is 9.84 Å². The first-order valence-corrected chi connectivity index (χ1v) is 4.38. The SMILES string of the molecule is CCC(CO)CCC(C)OC. The molecule has 2 unspecified atom stereocenters. The third-order valence-electron chi connectivity index (χ3n) is 2.22. The van der Waals surface area contributed by atoms with Gasteiger partial charge in [0.05, 0.1) is 6.10 Å². The van der Waals surface area contributed by atoms with Crippen LogP contribution in [0.2, 0.25) is 0 Å². The van der Waals surface area contributed by atoms with E-state index in [1.807, 2.05) is 0 Å². The molecule has 0 aliphatic carbocycles. The van der Waals surface area contributed by atoms with E-state index in [4.69, 9.17) is 9.84 Å². The molecular weight excluding hydrogens is 140 g/mol. The van der Waals surface area contributed by atoms with Crippen LogP contribution >= 0.6 is 0 Å². The van der Waals surface area contributed by atoms with Gasteiger partial charge in [0.25, 0.3) is 0 Å². The van der Waals surface area contributed by atoms with Crippen molar-refractivity contribution in [2.75, 3.05) is 13.7 Å². The Hall–Kier alpha value is -0.0800. The molecule has 2 nitrogen and oxygen atoms in total. The van der Waals surface area contributed by atoms with Crippen molar-refractivity contribution in [3.8, 4) is 0 Å². The number of hydrogen-bond acceptors (Lipinski definition) is 2. The highest BCUT2D eigenvalue weighted by Gasteiger charge is 2.06. The summed E-state index contributed by atoms with van der Waals surface area (Å²) >= 11 is 0. The van der Waals surface area contributed by atoms with E-state index in [2.05, 4.69) is 13.8 Å². The van der Waals surface area contributed by atoms with Gasteiger partial charge in [-0.2, -0.15) is 0 Å². The van der Waals surface area contributed by atoms with Crippen molar-refractivity contribution in [2.24, 2.45) is 5.92 Å². The largest absolute Gasteiger partial charge is 0.396 e. The van der Waals surface area contributed by atoms with E-state index < -0.39 is 0 Å². The van der Waals surface area contributed by atoms with Crippen molar-refractivity contribution < 1.29 is 9.84 Å². The number of rotatable bonds is 6. The molecule has 0 bridgehead atoms. The molecule has 1 N–H and O–H groups in total. The standard InChI is InChI=1S/C9H20O2/c1-4-9(7-10)6-5-8(2)11-3/h8-10H,4-7H2,1-3H3. The summed E-state index contributed by atoms with van der Waals surface area (Å²) in [5.41, 5.74) is 0. The molecule has 0 spiro atoms. The van der Waals surface area contributed by atoms with Gasteiger partial charge in [0.2, 0.25) is 0 Å². The molecule has 0 saturated heterocycles. The van der Waals surface area contributed by atoms with Crippen molar-refractivity contribution in [2.45, 2.75) is 39.2 Å². The van der Waals surface area contributed by atoms with Crippen LogP contribution in [0.3, 0.4) is 0 Å². The van der Waals surface area contributed by atoms with E-state index in [-0.39, 0.29) is 0 Å². The van der Waals surface area contributed by atoms with E-state index in [0.29, 0.717) is 18.6 Å². The molecule has 0 heterocycles. The Balaban J connectivity index is 3.34. The highest BCUT2D eigenvalue weighted by atomic mass is 16.5. The van der Waals surface area contributed by atoms with E-state index in [1.54, 1.807) is 7.11 Å². The molecule has 0 aromatic carbocycles. The molecule has 0 aromatic rings. The highest BCUT2D eigenvalue weighted by molar-refractivity contribution is 4.58. The number of methoxy groups -OCH3 is 1. The predicted octanol–water partition coefficient (Wildman–Crippen LogP) is 1.82. The molecule has 68 valence electrons. The Labute approximate surface area is 69.6 Å². The van der Waals surface area contributed by atoms with Gasteiger partial charge in [-0.25, -0.2) is 0 Å². The summed E-state index contributed by atoms with van der Waals surface area (Å²) in [6.07, 6.45) is 3.51. The summed E-state index contributed by atoms with van der Waals surface area (Å²) in [5.74, 6) is 0.465. The summed E-state index contributed by atoms with van der Waals surface area (Å²) in [6.45, 7) is 4.48. The van der Waals surface area contributed by atoms with E-state index in [9.17, 15) is 0 Å². The van der Waals surface area contributed by atoms with Crippen molar-refractivity contribution in [1.82, 2.24) is 0 Å². The number of aliphatic hydroxyl groups excluding tert-OH is 1. The van der Waals surface area contributed by atoms with E-state index in [0.717, 1.165) is 19.3 Å². The second kappa shape index (κ2) is 6.62. The Morgan fingerprint density at radius 1 is 1.36 bits per heavy atom. The molecule has 0 amide bonds. The maximum atomic E-state index is 8.87. The van der Waals surface area contributed by atoms with Crippen LogP contribution in [0.5, 0.6) is 0 Å². The molecule has 11 heavy (non-hydrogen) atoms. The zero-order valence-corrected chi connectivity index (χ0v) is 7.84. The Kier molecular flexibility index (Phi) is 6.57. The van der Waals surface area contributed by atoms with Gasteiger partial charge in [0.15, 0.2) is 0 Å². The van der Waals surface area contributed by atoms with Crippen LogP contribution in [0.4, 0.5) is 0 Å². The van der Waals surface area contributed by atoms with Crippen molar-refractivity contribution in [3.63, 3.8) is 0 Å². The lowest BCUT2D eigenvalue weighted by Crippen LogP contribution is -2.10. The van der Waals surface area contributed by atoms with E-state index >= 15 is 0 Å². The Bertz CT molecular complexity index is 79.6. The maximum Gasteiger partial charge on any atom is 0.0543 e. The fraction of sp³-hybridized carbons (Fsp3) is 1.00. The van der Waals surface area contributed by atoms with E-state index in [1.165, 1.54) is 0 Å². The molecule has 0 saturated carbocycles. The predicted molar refractivity (Wildman–Crippen MR) is 46.6 cm³/mol. The zero-order chi connectivity index (χ0) is 8.69. The summed E-state index contributed by atoms with van der Waals surface area (Å²) < 4.78 is 5.11. The van der Waals surface area contributed by atoms with Gasteiger partial charge in [-0.15, -0.1) is 0 Å². The third kappa shape index (κ3) is 5.22. The van der Waals surface area contributed by atoms with Crippen LogP contribution in [-0.2, 0) is 4.74 Å². The summed E-state index contributed by atoms with van der Waals surface area (Å²) in [5, 5.41) is 8.87. The molecule has 0 aromatic heterocycles. The zero-order valence-electron chi connectivity index (χ0n) is 7.84. The normalized spacial score (nSPS) is 16.4. The fourth-order valence-corrected chi connectivity index (χ4v) is 1.01. The highest BCUT2D eigenvalue weighted by Crippen LogP contribution is 2.12. The second-order valence-corrected chi connectivity index (χ2v) is 3.08. The Morgan fingerprint density at radius 3 is 2.36 bits per heavy atom. The van der Waals surface area contributed by atoms with Crippen LogP contribution < -0.4 is 0 Å². The van der Waals surface area contributed by atoms with Crippen molar-refractivity contribution in [3.05, 3.63) is 0 Å². The number of aliphatic hydroxyl groups is 1. The Morgan fingerprint density at radius 2 is 2.00 bits per heavy atom. The lowest BCUT2D eigenvalue weighted by Gasteiger charge is -2.14. The van der Waals surface area contributed by atoms with Gasteiger partial charge in [-0.1, -0.05) is 13.3 Å². The summed E-state index contributed by atoms with van der Waals surface area (Å²) in [4.78, 5) is 0. The topological polar surface area (TPSA) is 29.5 Å². The molecule has 0 aliphatic rings.